The predicted octanol–water partition coefficient (Wildman–Crippen LogP) is 4.64. The Morgan fingerprint density at radius 2 is 1.74 bits per heavy atom. The number of halogens is 6. The number of benzene rings is 2. The molecule has 176 valence electrons. The third-order valence-electron chi connectivity index (χ3n) is 5.46. The first-order valence-electron chi connectivity index (χ1n) is 9.82. The first-order valence-corrected chi connectivity index (χ1v) is 9.82. The number of urea groups is 1. The lowest BCUT2D eigenvalue weighted by atomic mass is 9.87. The number of anilines is 1. The minimum atomic E-state index is -4.91. The third kappa shape index (κ3) is 4.05. The number of nitrogens with zero attached hydrogens (tertiary/aromatic N) is 2. The van der Waals surface area contributed by atoms with Crippen LogP contribution < -0.4 is 15.5 Å². The molecule has 0 saturated carbocycles. The van der Waals surface area contributed by atoms with Crippen molar-refractivity contribution in [1.29, 1.82) is 5.26 Å². The van der Waals surface area contributed by atoms with E-state index in [2.05, 4.69) is 10.6 Å². The lowest BCUT2D eigenvalue weighted by Gasteiger charge is -2.39. The fourth-order valence-electron chi connectivity index (χ4n) is 4.02. The van der Waals surface area contributed by atoms with E-state index >= 15 is 0 Å². The fraction of sp³-hybridized carbons (Fsp3) is 0.227. The zero-order valence-corrected chi connectivity index (χ0v) is 17.0. The summed E-state index contributed by atoms with van der Waals surface area (Å²) in [6.45, 7) is 0.0344. The van der Waals surface area contributed by atoms with Crippen molar-refractivity contribution in [3.05, 3.63) is 76.0 Å². The molecule has 0 saturated heterocycles. The third-order valence-corrected chi connectivity index (χ3v) is 5.46. The molecule has 2 heterocycles. The molecule has 2 aromatic rings. The Kier molecular flexibility index (Phi) is 5.51. The minimum Gasteiger partial charge on any atom is -0.352 e. The van der Waals surface area contributed by atoms with E-state index in [1.807, 2.05) is 0 Å². The smallest absolute Gasteiger partial charge is 0.352 e. The van der Waals surface area contributed by atoms with E-state index < -0.39 is 47.0 Å². The number of nitrogens with one attached hydrogen (secondary N) is 2. The van der Waals surface area contributed by atoms with Gasteiger partial charge in [-0.2, -0.15) is 31.6 Å². The molecule has 0 fully saturated rings. The summed E-state index contributed by atoms with van der Waals surface area (Å²) in [4.78, 5) is 26.6. The van der Waals surface area contributed by atoms with Gasteiger partial charge in [0.25, 0.3) is 5.91 Å². The highest BCUT2D eigenvalue weighted by atomic mass is 19.4. The van der Waals surface area contributed by atoms with E-state index in [1.165, 1.54) is 6.07 Å². The molecule has 0 spiro atoms. The van der Waals surface area contributed by atoms with Crippen LogP contribution in [0.5, 0.6) is 0 Å². The first-order chi connectivity index (χ1) is 15.9. The molecule has 2 aliphatic heterocycles. The summed E-state index contributed by atoms with van der Waals surface area (Å²) >= 11 is 0. The van der Waals surface area contributed by atoms with E-state index in [0.29, 0.717) is 6.07 Å². The van der Waals surface area contributed by atoms with Crippen LogP contribution in [0.2, 0.25) is 0 Å². The van der Waals surface area contributed by atoms with E-state index in [1.54, 1.807) is 6.07 Å². The number of amides is 3. The summed E-state index contributed by atoms with van der Waals surface area (Å²) in [7, 11) is 0. The Labute approximate surface area is 188 Å². The molecule has 0 bridgehead atoms. The molecule has 2 aromatic carbocycles. The molecule has 34 heavy (non-hydrogen) atoms. The van der Waals surface area contributed by atoms with Gasteiger partial charge < -0.3 is 10.6 Å². The van der Waals surface area contributed by atoms with Crippen molar-refractivity contribution in [2.45, 2.75) is 24.8 Å². The molecule has 2 aliphatic rings. The largest absolute Gasteiger partial charge is 0.416 e. The van der Waals surface area contributed by atoms with Crippen molar-refractivity contribution < 1.29 is 35.9 Å². The van der Waals surface area contributed by atoms with Gasteiger partial charge in [0.2, 0.25) is 0 Å². The van der Waals surface area contributed by atoms with E-state index in [9.17, 15) is 35.9 Å². The summed E-state index contributed by atoms with van der Waals surface area (Å²) in [6.07, 6.45) is -9.61. The van der Waals surface area contributed by atoms with E-state index in [-0.39, 0.29) is 35.5 Å². The summed E-state index contributed by atoms with van der Waals surface area (Å²) in [5, 5.41) is 13.8. The van der Waals surface area contributed by atoms with Gasteiger partial charge in [0.1, 0.15) is 0 Å². The zero-order chi connectivity index (χ0) is 24.8. The lowest BCUT2D eigenvalue weighted by molar-refractivity contribution is -0.139. The Morgan fingerprint density at radius 1 is 1.00 bits per heavy atom. The normalized spacial score (nSPS) is 18.7. The van der Waals surface area contributed by atoms with Crippen LogP contribution in [0.3, 0.4) is 0 Å². The highest BCUT2D eigenvalue weighted by molar-refractivity contribution is 6.05. The van der Waals surface area contributed by atoms with Gasteiger partial charge in [-0.3, -0.25) is 9.69 Å². The minimum absolute atomic E-state index is 0.00112. The number of alkyl halides is 6. The molecular formula is C22H14F6N4O2. The molecule has 0 aliphatic carbocycles. The molecule has 12 heteroatoms. The van der Waals surface area contributed by atoms with Crippen LogP contribution in [-0.2, 0) is 17.1 Å². The summed E-state index contributed by atoms with van der Waals surface area (Å²) < 4.78 is 81.0. The van der Waals surface area contributed by atoms with Gasteiger partial charge in [-0.1, -0.05) is 12.1 Å². The average molecular weight is 480 g/mol. The monoisotopic (exact) mass is 480 g/mol. The maximum atomic E-state index is 13.8. The van der Waals surface area contributed by atoms with E-state index in [0.717, 1.165) is 35.2 Å². The quantitative estimate of drug-likeness (QED) is 0.615. The van der Waals surface area contributed by atoms with Crippen molar-refractivity contribution in [2.75, 3.05) is 11.4 Å². The maximum absolute atomic E-state index is 13.8. The maximum Gasteiger partial charge on any atom is 0.416 e. The Bertz CT molecular complexity index is 1260. The molecule has 4 rings (SSSR count). The van der Waals surface area contributed by atoms with Crippen molar-refractivity contribution >= 4 is 17.6 Å². The summed E-state index contributed by atoms with van der Waals surface area (Å²) in [5.41, 5.74) is -3.40. The molecule has 3 amide bonds. The fourth-order valence-corrected chi connectivity index (χ4v) is 4.02. The Morgan fingerprint density at radius 3 is 2.38 bits per heavy atom. The summed E-state index contributed by atoms with van der Waals surface area (Å²) in [5.74, 6) is -0.763. The van der Waals surface area contributed by atoms with E-state index in [4.69, 9.17) is 5.26 Å². The first kappa shape index (κ1) is 23.2. The van der Waals surface area contributed by atoms with Crippen molar-refractivity contribution in [3.63, 3.8) is 0 Å². The molecule has 1 unspecified atom stereocenters. The highest BCUT2D eigenvalue weighted by Gasteiger charge is 2.44. The van der Waals surface area contributed by atoms with Gasteiger partial charge in [0, 0.05) is 18.7 Å². The van der Waals surface area contributed by atoms with Gasteiger partial charge >= 0.3 is 18.4 Å². The second-order valence-electron chi connectivity index (χ2n) is 7.54. The standard InChI is InChI=1S/C22H14F6N4O2/c23-21(24,25)12-2-1-3-13(9-12)32-16-6-7-30-19(33)17(16)18(31-20(32)34)14-5-4-11(10-29)8-15(14)22(26,27)28/h1-5,8-9,18H,6-7H2,(H,30,33)(H,31,34). The Balaban J connectivity index is 1.90. The van der Waals surface area contributed by atoms with Gasteiger partial charge in [-0.05, 0) is 35.9 Å². The average Bonchev–Trinajstić information content (AvgIpc) is 2.77. The lowest BCUT2D eigenvalue weighted by Crippen LogP contribution is -2.53. The SMILES string of the molecule is N#Cc1ccc(C2NC(=O)N(c3cccc(C(F)(F)F)c3)C3=C2C(=O)NCC3)c(C(F)(F)F)c1. The van der Waals surface area contributed by atoms with Crippen LogP contribution in [0, 0.1) is 11.3 Å². The molecule has 1 atom stereocenters. The van der Waals surface area contributed by atoms with Crippen molar-refractivity contribution in [3.8, 4) is 6.07 Å². The van der Waals surface area contributed by atoms with Crippen LogP contribution >= 0.6 is 0 Å². The van der Waals surface area contributed by atoms with Crippen LogP contribution in [0.4, 0.5) is 36.8 Å². The van der Waals surface area contributed by atoms with Crippen LogP contribution in [0.1, 0.15) is 34.7 Å². The predicted molar refractivity (Wildman–Crippen MR) is 106 cm³/mol. The van der Waals surface area contributed by atoms with Gasteiger partial charge in [-0.25, -0.2) is 4.79 Å². The van der Waals surface area contributed by atoms with Crippen molar-refractivity contribution in [2.24, 2.45) is 0 Å². The van der Waals surface area contributed by atoms with Crippen molar-refractivity contribution in [1.82, 2.24) is 10.6 Å². The van der Waals surface area contributed by atoms with Gasteiger partial charge in [0.05, 0.1) is 40.1 Å². The Hall–Kier alpha value is -4.01. The zero-order valence-electron chi connectivity index (χ0n) is 17.0. The number of hydrogen-bond acceptors (Lipinski definition) is 3. The molecular weight excluding hydrogens is 466 g/mol. The number of carbonyl (C=O) groups is 2. The molecule has 0 radical (unpaired) electrons. The summed E-state index contributed by atoms with van der Waals surface area (Å²) in [6, 6.07) is 5.67. The van der Waals surface area contributed by atoms with Crippen LogP contribution in [0.15, 0.2) is 53.7 Å². The second kappa shape index (κ2) is 8.09. The number of hydrogen-bond donors (Lipinski definition) is 2. The molecule has 2 N–H and O–H groups in total. The van der Waals surface area contributed by atoms with Gasteiger partial charge in [0.15, 0.2) is 0 Å². The van der Waals surface area contributed by atoms with Crippen LogP contribution in [0.25, 0.3) is 0 Å². The topological polar surface area (TPSA) is 85.2 Å². The number of nitriles is 1. The second-order valence-corrected chi connectivity index (χ2v) is 7.54. The number of carbonyl (C=O) groups excluding carboxylic acids is 2. The number of rotatable bonds is 2. The molecule has 0 aromatic heterocycles. The highest BCUT2D eigenvalue weighted by Crippen LogP contribution is 2.42. The molecule has 6 nitrogen and oxygen atoms in total. The van der Waals surface area contributed by atoms with Crippen LogP contribution in [-0.4, -0.2) is 18.5 Å². The van der Waals surface area contributed by atoms with Gasteiger partial charge in [-0.15, -0.1) is 0 Å².